The molecule has 0 spiro atoms. The Bertz CT molecular complexity index is 536. The van der Waals surface area contributed by atoms with Crippen molar-refractivity contribution in [2.24, 2.45) is 0 Å². The van der Waals surface area contributed by atoms with Gasteiger partial charge in [-0.2, -0.15) is 0 Å². The number of hydrogen-bond acceptors (Lipinski definition) is 3. The van der Waals surface area contributed by atoms with Gasteiger partial charge in [0.2, 0.25) is 0 Å². The molecule has 0 saturated carbocycles. The molecule has 17 heavy (non-hydrogen) atoms. The molecule has 0 bridgehead atoms. The topological polar surface area (TPSA) is 58.1 Å². The molecule has 1 unspecified atom stereocenters. The Balaban J connectivity index is 2.17. The number of H-pyrrole nitrogens is 1. The van der Waals surface area contributed by atoms with E-state index in [0.717, 1.165) is 16.9 Å². The second-order valence-electron chi connectivity index (χ2n) is 4.40. The van der Waals surface area contributed by atoms with Crippen molar-refractivity contribution in [2.75, 3.05) is 6.61 Å². The van der Waals surface area contributed by atoms with Crippen LogP contribution in [-0.2, 0) is 5.60 Å². The lowest BCUT2D eigenvalue weighted by Gasteiger charge is -2.32. The molecule has 1 aromatic heterocycles. The summed E-state index contributed by atoms with van der Waals surface area (Å²) in [6, 6.07) is 5.83. The van der Waals surface area contributed by atoms with Gasteiger partial charge in [-0.3, -0.25) is 0 Å². The van der Waals surface area contributed by atoms with Crippen molar-refractivity contribution in [3.05, 3.63) is 47.5 Å². The number of nitrogens with zero attached hydrogens (tertiary/aromatic N) is 1. The van der Waals surface area contributed by atoms with Gasteiger partial charge in [-0.15, -0.1) is 0 Å². The summed E-state index contributed by atoms with van der Waals surface area (Å²) >= 11 is 0. The van der Waals surface area contributed by atoms with Gasteiger partial charge in [0.15, 0.2) is 5.60 Å². The zero-order chi connectivity index (χ0) is 11.9. The van der Waals surface area contributed by atoms with Gasteiger partial charge in [0.1, 0.15) is 11.6 Å². The first-order chi connectivity index (χ1) is 8.20. The number of rotatable bonds is 1. The van der Waals surface area contributed by atoms with E-state index < -0.39 is 5.60 Å². The molecule has 0 amide bonds. The van der Waals surface area contributed by atoms with Gasteiger partial charge in [0.05, 0.1) is 6.61 Å². The van der Waals surface area contributed by atoms with Crippen molar-refractivity contribution in [3.8, 4) is 5.75 Å². The summed E-state index contributed by atoms with van der Waals surface area (Å²) in [4.78, 5) is 7.16. The predicted molar refractivity (Wildman–Crippen MR) is 62.9 cm³/mol. The van der Waals surface area contributed by atoms with Crippen LogP contribution < -0.4 is 4.74 Å². The van der Waals surface area contributed by atoms with Crippen LogP contribution in [0.4, 0.5) is 0 Å². The number of aliphatic hydroxyl groups is 1. The van der Waals surface area contributed by atoms with Crippen LogP contribution in [0, 0.1) is 6.92 Å². The van der Waals surface area contributed by atoms with Gasteiger partial charge in [0.25, 0.3) is 0 Å². The molecule has 2 N–H and O–H groups in total. The van der Waals surface area contributed by atoms with Crippen molar-refractivity contribution in [3.63, 3.8) is 0 Å². The summed E-state index contributed by atoms with van der Waals surface area (Å²) in [6.45, 7) is 2.50. The minimum absolute atomic E-state index is 0.494. The maximum atomic E-state index is 10.8. The molecule has 1 aliphatic heterocycles. The van der Waals surface area contributed by atoms with E-state index in [1.807, 2.05) is 25.1 Å². The third kappa shape index (κ3) is 1.52. The maximum Gasteiger partial charge on any atom is 0.154 e. The zero-order valence-electron chi connectivity index (χ0n) is 9.60. The monoisotopic (exact) mass is 230 g/mol. The van der Waals surface area contributed by atoms with Gasteiger partial charge in [0, 0.05) is 24.4 Å². The fourth-order valence-corrected chi connectivity index (χ4v) is 2.27. The zero-order valence-corrected chi connectivity index (χ0v) is 9.60. The maximum absolute atomic E-state index is 10.8. The quantitative estimate of drug-likeness (QED) is 0.784. The standard InChI is InChI=1S/C13H14N2O2/c1-9-2-3-10-11(8-9)17-7-4-13(10,16)12-14-5-6-15-12/h2-3,5-6,8,16H,4,7H2,1H3,(H,14,15). The Labute approximate surface area is 99.3 Å². The first kappa shape index (κ1) is 10.4. The second kappa shape index (κ2) is 3.60. The predicted octanol–water partition coefficient (Wildman–Crippen LogP) is 1.74. The number of fused-ring (bicyclic) bond motifs is 1. The highest BCUT2D eigenvalue weighted by atomic mass is 16.5. The average molecular weight is 230 g/mol. The van der Waals surface area contributed by atoms with Gasteiger partial charge in [-0.25, -0.2) is 4.98 Å². The van der Waals surface area contributed by atoms with Crippen LogP contribution >= 0.6 is 0 Å². The highest BCUT2D eigenvalue weighted by Gasteiger charge is 2.39. The first-order valence-corrected chi connectivity index (χ1v) is 5.66. The lowest BCUT2D eigenvalue weighted by Crippen LogP contribution is -2.35. The second-order valence-corrected chi connectivity index (χ2v) is 4.40. The number of hydrogen-bond donors (Lipinski definition) is 2. The molecule has 0 aliphatic carbocycles. The van der Waals surface area contributed by atoms with Crippen LogP contribution in [0.25, 0.3) is 0 Å². The SMILES string of the molecule is Cc1ccc2c(c1)OCCC2(O)c1ncc[nH]1. The Morgan fingerprint density at radius 3 is 3.12 bits per heavy atom. The molecule has 1 atom stereocenters. The van der Waals surface area contributed by atoms with Crippen LogP contribution in [0.5, 0.6) is 5.75 Å². The lowest BCUT2D eigenvalue weighted by molar-refractivity contribution is 0.0277. The Morgan fingerprint density at radius 2 is 2.35 bits per heavy atom. The molecule has 4 heteroatoms. The van der Waals surface area contributed by atoms with Crippen LogP contribution in [-0.4, -0.2) is 21.7 Å². The van der Waals surface area contributed by atoms with Crippen LogP contribution in [0.15, 0.2) is 30.6 Å². The molecule has 2 aromatic rings. The lowest BCUT2D eigenvalue weighted by atomic mass is 9.87. The molecule has 1 aromatic carbocycles. The number of aromatic nitrogens is 2. The Morgan fingerprint density at radius 1 is 1.47 bits per heavy atom. The summed E-state index contributed by atoms with van der Waals surface area (Å²) < 4.78 is 5.60. The van der Waals surface area contributed by atoms with E-state index in [1.165, 1.54) is 0 Å². The molecule has 88 valence electrons. The van der Waals surface area contributed by atoms with E-state index >= 15 is 0 Å². The smallest absolute Gasteiger partial charge is 0.154 e. The first-order valence-electron chi connectivity index (χ1n) is 5.66. The molecule has 1 aliphatic rings. The molecule has 2 heterocycles. The molecular weight excluding hydrogens is 216 g/mol. The Hall–Kier alpha value is -1.81. The number of imidazole rings is 1. The van der Waals surface area contributed by atoms with Gasteiger partial charge in [-0.05, 0) is 18.6 Å². The van der Waals surface area contributed by atoms with Crippen LogP contribution in [0.2, 0.25) is 0 Å². The highest BCUT2D eigenvalue weighted by Crippen LogP contribution is 2.40. The molecule has 4 nitrogen and oxygen atoms in total. The molecular formula is C13H14N2O2. The van der Waals surface area contributed by atoms with Gasteiger partial charge in [-0.1, -0.05) is 12.1 Å². The van der Waals surface area contributed by atoms with E-state index in [1.54, 1.807) is 12.4 Å². The number of ether oxygens (including phenoxy) is 1. The molecule has 0 radical (unpaired) electrons. The summed E-state index contributed by atoms with van der Waals surface area (Å²) in [5.41, 5.74) is 0.835. The van der Waals surface area contributed by atoms with Crippen molar-refractivity contribution >= 4 is 0 Å². The van der Waals surface area contributed by atoms with Crippen molar-refractivity contribution < 1.29 is 9.84 Å². The van der Waals surface area contributed by atoms with Crippen molar-refractivity contribution in [1.82, 2.24) is 9.97 Å². The summed E-state index contributed by atoms with van der Waals surface area (Å²) in [5, 5.41) is 10.8. The minimum Gasteiger partial charge on any atom is -0.493 e. The fraction of sp³-hybridized carbons (Fsp3) is 0.308. The number of benzene rings is 1. The van der Waals surface area contributed by atoms with Crippen LogP contribution in [0.1, 0.15) is 23.4 Å². The summed E-state index contributed by atoms with van der Waals surface area (Å²) in [7, 11) is 0. The average Bonchev–Trinajstić information content (AvgIpc) is 2.82. The number of aromatic amines is 1. The molecule has 3 rings (SSSR count). The number of aryl methyl sites for hydroxylation is 1. The van der Waals surface area contributed by atoms with Crippen molar-refractivity contribution in [2.45, 2.75) is 18.9 Å². The summed E-state index contributed by atoms with van der Waals surface area (Å²) in [5.74, 6) is 1.32. The molecule has 0 saturated heterocycles. The largest absolute Gasteiger partial charge is 0.493 e. The van der Waals surface area contributed by atoms with Gasteiger partial charge >= 0.3 is 0 Å². The van der Waals surface area contributed by atoms with Crippen LogP contribution in [0.3, 0.4) is 0 Å². The van der Waals surface area contributed by atoms with Gasteiger partial charge < -0.3 is 14.8 Å². The fourth-order valence-electron chi connectivity index (χ4n) is 2.27. The van der Waals surface area contributed by atoms with E-state index in [2.05, 4.69) is 9.97 Å². The third-order valence-corrected chi connectivity index (χ3v) is 3.19. The van der Waals surface area contributed by atoms with E-state index in [4.69, 9.17) is 4.74 Å². The van der Waals surface area contributed by atoms with Crippen molar-refractivity contribution in [1.29, 1.82) is 0 Å². The normalized spacial score (nSPS) is 22.9. The van der Waals surface area contributed by atoms with E-state index in [0.29, 0.717) is 18.9 Å². The van der Waals surface area contributed by atoms with E-state index in [-0.39, 0.29) is 0 Å². The highest BCUT2D eigenvalue weighted by molar-refractivity contribution is 5.45. The minimum atomic E-state index is -1.06. The third-order valence-electron chi connectivity index (χ3n) is 3.19. The molecule has 0 fully saturated rings. The number of nitrogens with one attached hydrogen (secondary N) is 1. The summed E-state index contributed by atoms with van der Waals surface area (Å²) in [6.07, 6.45) is 3.88. The Kier molecular flexibility index (Phi) is 2.19. The van der Waals surface area contributed by atoms with E-state index in [9.17, 15) is 5.11 Å².